The summed E-state index contributed by atoms with van der Waals surface area (Å²) in [5.74, 6) is -0.379. The second-order valence-corrected chi connectivity index (χ2v) is 8.17. The van der Waals surface area contributed by atoms with Crippen molar-refractivity contribution in [2.75, 3.05) is 18.1 Å². The van der Waals surface area contributed by atoms with Crippen molar-refractivity contribution in [3.63, 3.8) is 0 Å². The molecule has 0 bridgehead atoms. The highest BCUT2D eigenvalue weighted by Gasteiger charge is 2.31. The largest absolute Gasteiger partial charge is 0.351 e. The van der Waals surface area contributed by atoms with Crippen molar-refractivity contribution in [1.29, 1.82) is 0 Å². The van der Waals surface area contributed by atoms with Gasteiger partial charge in [-0.1, -0.05) is 0 Å². The Bertz CT molecular complexity index is 465. The molecular weight excluding hydrogens is 268 g/mol. The highest BCUT2D eigenvalue weighted by Crippen LogP contribution is 2.14. The number of nitrogens with zero attached hydrogens (tertiary/aromatic N) is 1. The van der Waals surface area contributed by atoms with Crippen LogP contribution in [0.5, 0.6) is 0 Å². The summed E-state index contributed by atoms with van der Waals surface area (Å²) in [7, 11) is -3.01. The van der Waals surface area contributed by atoms with Gasteiger partial charge in [0.1, 0.15) is 6.54 Å². The van der Waals surface area contributed by atoms with E-state index in [1.807, 2.05) is 20.8 Å². The van der Waals surface area contributed by atoms with Gasteiger partial charge in [-0.3, -0.25) is 9.59 Å². The van der Waals surface area contributed by atoms with Gasteiger partial charge in [0.25, 0.3) is 0 Å². The third-order valence-electron chi connectivity index (χ3n) is 3.09. The third kappa shape index (κ3) is 4.81. The first-order valence-corrected chi connectivity index (χ1v) is 8.11. The van der Waals surface area contributed by atoms with Gasteiger partial charge in [0.05, 0.1) is 11.5 Å². The maximum Gasteiger partial charge on any atom is 0.239 e. The Balaban J connectivity index is 2.58. The predicted octanol–water partition coefficient (Wildman–Crippen LogP) is -0.0633. The maximum absolute atomic E-state index is 11.9. The maximum atomic E-state index is 11.9. The summed E-state index contributed by atoms with van der Waals surface area (Å²) in [6, 6.07) is -0.328. The van der Waals surface area contributed by atoms with E-state index in [2.05, 4.69) is 5.32 Å². The molecule has 1 N–H and O–H groups in total. The zero-order chi connectivity index (χ0) is 14.8. The first-order valence-electron chi connectivity index (χ1n) is 6.29. The summed E-state index contributed by atoms with van der Waals surface area (Å²) >= 11 is 0. The number of carbonyl (C=O) groups excluding carboxylic acids is 2. The Kier molecular flexibility index (Phi) is 4.60. The molecule has 1 heterocycles. The van der Waals surface area contributed by atoms with Gasteiger partial charge in [0.15, 0.2) is 9.84 Å². The van der Waals surface area contributed by atoms with E-state index in [4.69, 9.17) is 0 Å². The quantitative estimate of drug-likeness (QED) is 0.789. The number of sulfone groups is 1. The highest BCUT2D eigenvalue weighted by molar-refractivity contribution is 7.91. The van der Waals surface area contributed by atoms with E-state index in [1.165, 1.54) is 11.8 Å². The lowest BCUT2D eigenvalue weighted by atomic mass is 10.1. The van der Waals surface area contributed by atoms with Crippen molar-refractivity contribution < 1.29 is 18.0 Å². The molecule has 1 aliphatic heterocycles. The molecule has 1 unspecified atom stereocenters. The van der Waals surface area contributed by atoms with Crippen molar-refractivity contribution in [3.8, 4) is 0 Å². The summed E-state index contributed by atoms with van der Waals surface area (Å²) in [6.07, 6.45) is 0.448. The van der Waals surface area contributed by atoms with Crippen LogP contribution < -0.4 is 5.32 Å². The fourth-order valence-corrected chi connectivity index (χ4v) is 3.82. The second-order valence-electron chi connectivity index (χ2n) is 5.94. The molecule has 19 heavy (non-hydrogen) atoms. The molecule has 1 atom stereocenters. The topological polar surface area (TPSA) is 83.6 Å². The summed E-state index contributed by atoms with van der Waals surface area (Å²) in [4.78, 5) is 24.9. The lowest BCUT2D eigenvalue weighted by Crippen LogP contribution is -2.51. The first kappa shape index (κ1) is 15.9. The number of hydrogen-bond donors (Lipinski definition) is 1. The monoisotopic (exact) mass is 290 g/mol. The van der Waals surface area contributed by atoms with Crippen LogP contribution in [0.4, 0.5) is 0 Å². The molecule has 0 aliphatic carbocycles. The first-order chi connectivity index (χ1) is 8.51. The molecule has 6 nitrogen and oxygen atoms in total. The Labute approximate surface area is 114 Å². The smallest absolute Gasteiger partial charge is 0.239 e. The molecule has 2 amide bonds. The minimum absolute atomic E-state index is 0.00563. The minimum Gasteiger partial charge on any atom is -0.351 e. The minimum atomic E-state index is -3.01. The van der Waals surface area contributed by atoms with Gasteiger partial charge in [-0.25, -0.2) is 8.42 Å². The average Bonchev–Trinajstić information content (AvgIpc) is 2.52. The third-order valence-corrected chi connectivity index (χ3v) is 4.86. The van der Waals surface area contributed by atoms with Crippen LogP contribution in [-0.4, -0.2) is 54.8 Å². The number of amides is 2. The lowest BCUT2D eigenvalue weighted by Gasteiger charge is -2.34. The van der Waals surface area contributed by atoms with Crippen molar-refractivity contribution in [2.45, 2.75) is 45.7 Å². The zero-order valence-corrected chi connectivity index (χ0v) is 12.7. The van der Waals surface area contributed by atoms with Gasteiger partial charge in [-0.05, 0) is 27.2 Å². The van der Waals surface area contributed by atoms with Crippen LogP contribution in [-0.2, 0) is 19.4 Å². The molecule has 1 saturated heterocycles. The van der Waals surface area contributed by atoms with Gasteiger partial charge in [0.2, 0.25) is 11.8 Å². The van der Waals surface area contributed by atoms with Gasteiger partial charge >= 0.3 is 0 Å². The van der Waals surface area contributed by atoms with Crippen LogP contribution in [0.2, 0.25) is 0 Å². The number of rotatable bonds is 3. The molecular formula is C12H22N2O4S. The fourth-order valence-electron chi connectivity index (χ4n) is 2.15. The van der Waals surface area contributed by atoms with Crippen molar-refractivity contribution in [1.82, 2.24) is 10.2 Å². The van der Waals surface area contributed by atoms with Crippen LogP contribution in [0.3, 0.4) is 0 Å². The van der Waals surface area contributed by atoms with Crippen LogP contribution in [0.25, 0.3) is 0 Å². The van der Waals surface area contributed by atoms with E-state index in [-0.39, 0.29) is 35.9 Å². The van der Waals surface area contributed by atoms with Crippen molar-refractivity contribution in [2.24, 2.45) is 0 Å². The molecule has 110 valence electrons. The molecule has 0 aromatic carbocycles. The van der Waals surface area contributed by atoms with Crippen molar-refractivity contribution in [3.05, 3.63) is 0 Å². The number of hydrogen-bond acceptors (Lipinski definition) is 4. The molecule has 1 fully saturated rings. The second kappa shape index (κ2) is 5.48. The van der Waals surface area contributed by atoms with Gasteiger partial charge in [0, 0.05) is 18.5 Å². The molecule has 0 aromatic heterocycles. The molecule has 0 saturated carbocycles. The summed E-state index contributed by atoms with van der Waals surface area (Å²) in [5, 5.41) is 2.68. The van der Waals surface area contributed by atoms with Gasteiger partial charge < -0.3 is 10.2 Å². The van der Waals surface area contributed by atoms with Crippen LogP contribution >= 0.6 is 0 Å². The van der Waals surface area contributed by atoms with Gasteiger partial charge in [-0.2, -0.15) is 0 Å². The normalized spacial score (nSPS) is 22.0. The molecule has 1 aliphatic rings. The Hall–Kier alpha value is -1.11. The van der Waals surface area contributed by atoms with Crippen LogP contribution in [0.15, 0.2) is 0 Å². The van der Waals surface area contributed by atoms with Gasteiger partial charge in [-0.15, -0.1) is 0 Å². The number of carbonyl (C=O) groups is 2. The van der Waals surface area contributed by atoms with Crippen LogP contribution in [0, 0.1) is 0 Å². The fraction of sp³-hybridized carbons (Fsp3) is 0.833. The number of nitrogens with one attached hydrogen (secondary N) is 1. The standard InChI is InChI=1S/C12H22N2O4S/c1-9(15)14(12(2,3)4)7-11(16)13-10-5-6-19(17,18)8-10/h10H,5-8H2,1-4H3,(H,13,16). The average molecular weight is 290 g/mol. The summed E-state index contributed by atoms with van der Waals surface area (Å²) in [5.41, 5.74) is -0.440. The van der Waals surface area contributed by atoms with E-state index >= 15 is 0 Å². The predicted molar refractivity (Wildman–Crippen MR) is 72.3 cm³/mol. The van der Waals surface area contributed by atoms with Crippen molar-refractivity contribution >= 4 is 21.7 Å². The Morgan fingerprint density at radius 3 is 2.26 bits per heavy atom. The highest BCUT2D eigenvalue weighted by atomic mass is 32.2. The Morgan fingerprint density at radius 1 is 1.32 bits per heavy atom. The van der Waals surface area contributed by atoms with E-state index < -0.39 is 15.4 Å². The summed E-state index contributed by atoms with van der Waals surface area (Å²) in [6.45, 7) is 6.92. The van der Waals surface area contributed by atoms with E-state index in [0.29, 0.717) is 6.42 Å². The zero-order valence-electron chi connectivity index (χ0n) is 11.9. The lowest BCUT2D eigenvalue weighted by molar-refractivity contribution is -0.139. The molecule has 0 aromatic rings. The molecule has 0 spiro atoms. The SMILES string of the molecule is CC(=O)N(CC(=O)NC1CCS(=O)(=O)C1)C(C)(C)C. The van der Waals surface area contributed by atoms with E-state index in [1.54, 1.807) is 0 Å². The molecule has 0 radical (unpaired) electrons. The van der Waals surface area contributed by atoms with E-state index in [0.717, 1.165) is 0 Å². The van der Waals surface area contributed by atoms with Crippen LogP contribution in [0.1, 0.15) is 34.1 Å². The van der Waals surface area contributed by atoms with E-state index in [9.17, 15) is 18.0 Å². The molecule has 1 rings (SSSR count). The molecule has 7 heteroatoms. The summed E-state index contributed by atoms with van der Waals surface area (Å²) < 4.78 is 22.6. The Morgan fingerprint density at radius 2 is 1.89 bits per heavy atom.